The fourth-order valence-electron chi connectivity index (χ4n) is 0.985. The zero-order valence-electron chi connectivity index (χ0n) is 10.5. The van der Waals surface area contributed by atoms with Gasteiger partial charge in [0.2, 0.25) is 0 Å². The Balaban J connectivity index is 4.61. The monoisotopic (exact) mass is 257 g/mol. The van der Waals surface area contributed by atoms with Crippen molar-refractivity contribution in [2.45, 2.75) is 51.6 Å². The molecule has 0 aromatic rings. The Hall–Kier alpha value is -0.980. The van der Waals surface area contributed by atoms with Crippen LogP contribution in [0.25, 0.3) is 0 Å². The molecule has 17 heavy (non-hydrogen) atoms. The van der Waals surface area contributed by atoms with Crippen LogP contribution in [0.1, 0.15) is 27.7 Å². The summed E-state index contributed by atoms with van der Waals surface area (Å²) in [6, 6.07) is -1.41. The van der Waals surface area contributed by atoms with Crippen LogP contribution < -0.4 is 0 Å². The molecule has 2 atom stereocenters. The predicted molar refractivity (Wildman–Crippen MR) is 55.5 cm³/mol. The largest absolute Gasteiger partial charge is 0.444 e. The molecule has 0 fully saturated rings. The smallest absolute Gasteiger partial charge is 0.416 e. The summed E-state index contributed by atoms with van der Waals surface area (Å²) in [4.78, 5) is 12.2. The Morgan fingerprint density at radius 3 is 2.00 bits per heavy atom. The van der Waals surface area contributed by atoms with E-state index >= 15 is 0 Å². The second-order valence-corrected chi connectivity index (χ2v) is 4.82. The molecule has 0 aliphatic carbocycles. The number of alkyl halides is 3. The minimum Gasteiger partial charge on any atom is -0.444 e. The number of carbonyl (C=O) groups is 1. The lowest BCUT2D eigenvalue weighted by Gasteiger charge is -2.31. The van der Waals surface area contributed by atoms with Crippen molar-refractivity contribution >= 4 is 6.09 Å². The Kier molecular flexibility index (Phi) is 4.82. The van der Waals surface area contributed by atoms with E-state index < -0.39 is 30.0 Å². The van der Waals surface area contributed by atoms with Crippen LogP contribution in [0.3, 0.4) is 0 Å². The zero-order valence-corrected chi connectivity index (χ0v) is 10.5. The summed E-state index contributed by atoms with van der Waals surface area (Å²) in [5.41, 5.74) is -0.797. The number of rotatable bonds is 2. The number of nitrogens with zero attached hydrogens (tertiary/aromatic N) is 1. The fourth-order valence-corrected chi connectivity index (χ4v) is 0.985. The molecule has 4 nitrogen and oxygen atoms in total. The maximum atomic E-state index is 12.2. The van der Waals surface area contributed by atoms with Crippen LogP contribution in [0.15, 0.2) is 0 Å². The molecule has 7 heteroatoms. The number of aliphatic hydroxyl groups is 1. The van der Waals surface area contributed by atoms with Gasteiger partial charge >= 0.3 is 12.3 Å². The number of halogens is 3. The van der Waals surface area contributed by atoms with E-state index in [4.69, 9.17) is 9.84 Å². The summed E-state index contributed by atoms with van der Waals surface area (Å²) in [6.45, 7) is 5.90. The van der Waals surface area contributed by atoms with Crippen molar-refractivity contribution in [1.29, 1.82) is 0 Å². The van der Waals surface area contributed by atoms with Gasteiger partial charge in [-0.1, -0.05) is 0 Å². The first-order valence-electron chi connectivity index (χ1n) is 5.07. The molecule has 0 aliphatic heterocycles. The number of hydrogen-bond donors (Lipinski definition) is 1. The average Bonchev–Trinajstić information content (AvgIpc) is 2.10. The highest BCUT2D eigenvalue weighted by Crippen LogP contribution is 2.25. The van der Waals surface area contributed by atoms with E-state index in [-0.39, 0.29) is 0 Å². The molecule has 1 N–H and O–H groups in total. The molecular formula is C10H18F3NO3. The summed E-state index contributed by atoms with van der Waals surface area (Å²) >= 11 is 0. The molecule has 0 bridgehead atoms. The molecule has 2 unspecified atom stereocenters. The molecule has 0 aromatic carbocycles. The van der Waals surface area contributed by atoms with Gasteiger partial charge in [-0.05, 0) is 27.7 Å². The van der Waals surface area contributed by atoms with Gasteiger partial charge in [0.05, 0.1) is 6.04 Å². The molecule has 0 aliphatic rings. The van der Waals surface area contributed by atoms with Crippen LogP contribution in [0.5, 0.6) is 0 Å². The Morgan fingerprint density at radius 1 is 1.29 bits per heavy atom. The summed E-state index contributed by atoms with van der Waals surface area (Å²) in [5.74, 6) is 0. The SMILES string of the molecule is CC(C(O)C(F)(F)F)N(C)C(=O)OC(C)(C)C. The highest BCUT2D eigenvalue weighted by Gasteiger charge is 2.44. The molecule has 1 amide bonds. The maximum absolute atomic E-state index is 12.2. The number of hydrogen-bond acceptors (Lipinski definition) is 3. The molecule has 0 heterocycles. The zero-order chi connectivity index (χ0) is 14.0. The first-order valence-corrected chi connectivity index (χ1v) is 5.07. The van der Waals surface area contributed by atoms with Crippen LogP contribution in [-0.4, -0.2) is 47.1 Å². The Bertz CT molecular complexity index is 273. The third-order valence-corrected chi connectivity index (χ3v) is 2.08. The number of likely N-dealkylation sites (N-methyl/N-ethyl adjacent to an activating group) is 1. The van der Waals surface area contributed by atoms with Crippen molar-refractivity contribution in [3.63, 3.8) is 0 Å². The van der Waals surface area contributed by atoms with E-state index in [0.29, 0.717) is 0 Å². The minimum atomic E-state index is -4.77. The average molecular weight is 257 g/mol. The summed E-state index contributed by atoms with van der Waals surface area (Å²) in [5, 5.41) is 9.00. The predicted octanol–water partition coefficient (Wildman–Crippen LogP) is 2.17. The quantitative estimate of drug-likeness (QED) is 0.824. The number of aliphatic hydroxyl groups excluding tert-OH is 1. The van der Waals surface area contributed by atoms with Gasteiger partial charge in [0.15, 0.2) is 6.10 Å². The van der Waals surface area contributed by atoms with E-state index in [2.05, 4.69) is 0 Å². The molecule has 0 saturated heterocycles. The molecular weight excluding hydrogens is 239 g/mol. The van der Waals surface area contributed by atoms with Crippen molar-refractivity contribution in [2.75, 3.05) is 7.05 Å². The topological polar surface area (TPSA) is 49.8 Å². The van der Waals surface area contributed by atoms with Crippen molar-refractivity contribution < 1.29 is 27.8 Å². The van der Waals surface area contributed by atoms with E-state index in [1.54, 1.807) is 20.8 Å². The van der Waals surface area contributed by atoms with E-state index in [1.165, 1.54) is 0 Å². The lowest BCUT2D eigenvalue weighted by atomic mass is 10.1. The standard InChI is InChI=1S/C10H18F3NO3/c1-6(7(15)10(11,12)13)14(5)8(16)17-9(2,3)4/h6-7,15H,1-5H3. The van der Waals surface area contributed by atoms with Crippen molar-refractivity contribution in [2.24, 2.45) is 0 Å². The van der Waals surface area contributed by atoms with Crippen LogP contribution in [0.4, 0.5) is 18.0 Å². The molecule has 0 aromatic heterocycles. The van der Waals surface area contributed by atoms with Gasteiger partial charge in [-0.15, -0.1) is 0 Å². The molecule has 0 spiro atoms. The highest BCUT2D eigenvalue weighted by molar-refractivity contribution is 5.68. The minimum absolute atomic E-state index is 0.726. The second-order valence-electron chi connectivity index (χ2n) is 4.82. The molecule has 102 valence electrons. The summed E-state index contributed by atoms with van der Waals surface area (Å²) in [7, 11) is 1.15. The third-order valence-electron chi connectivity index (χ3n) is 2.08. The van der Waals surface area contributed by atoms with Gasteiger partial charge in [0.1, 0.15) is 5.60 Å². The van der Waals surface area contributed by atoms with Gasteiger partial charge in [-0.2, -0.15) is 13.2 Å². The van der Waals surface area contributed by atoms with E-state index in [0.717, 1.165) is 18.9 Å². The number of carbonyl (C=O) groups excluding carboxylic acids is 1. The van der Waals surface area contributed by atoms with E-state index in [9.17, 15) is 18.0 Å². The van der Waals surface area contributed by atoms with Crippen LogP contribution in [-0.2, 0) is 4.74 Å². The van der Waals surface area contributed by atoms with Crippen LogP contribution in [0, 0.1) is 0 Å². The molecule has 0 rings (SSSR count). The van der Waals surface area contributed by atoms with Gasteiger partial charge < -0.3 is 14.7 Å². The lowest BCUT2D eigenvalue weighted by Crippen LogP contribution is -2.50. The lowest BCUT2D eigenvalue weighted by molar-refractivity contribution is -0.217. The fraction of sp³-hybridized carbons (Fsp3) is 0.900. The molecule has 0 radical (unpaired) electrons. The van der Waals surface area contributed by atoms with Gasteiger partial charge in [0.25, 0.3) is 0 Å². The van der Waals surface area contributed by atoms with E-state index in [1.807, 2.05) is 0 Å². The maximum Gasteiger partial charge on any atom is 0.416 e. The van der Waals surface area contributed by atoms with Crippen molar-refractivity contribution in [3.05, 3.63) is 0 Å². The summed E-state index contributed by atoms with van der Waals surface area (Å²) in [6.07, 6.45) is -8.27. The molecule has 0 saturated carbocycles. The summed E-state index contributed by atoms with van der Waals surface area (Å²) < 4.78 is 41.6. The first-order chi connectivity index (χ1) is 7.36. The van der Waals surface area contributed by atoms with Crippen LogP contribution in [0.2, 0.25) is 0 Å². The highest BCUT2D eigenvalue weighted by atomic mass is 19.4. The number of ether oxygens (including phenoxy) is 1. The van der Waals surface area contributed by atoms with Gasteiger partial charge in [-0.25, -0.2) is 4.79 Å². The number of amides is 1. The van der Waals surface area contributed by atoms with Gasteiger partial charge in [0, 0.05) is 7.05 Å². The Morgan fingerprint density at radius 2 is 1.71 bits per heavy atom. The van der Waals surface area contributed by atoms with Crippen molar-refractivity contribution in [1.82, 2.24) is 4.90 Å². The normalized spacial score (nSPS) is 16.3. The van der Waals surface area contributed by atoms with Crippen LogP contribution >= 0.6 is 0 Å². The Labute approximate surface area is 98.3 Å². The second kappa shape index (κ2) is 5.12. The first kappa shape index (κ1) is 16.0. The third kappa shape index (κ3) is 5.25. The van der Waals surface area contributed by atoms with Gasteiger partial charge in [-0.3, -0.25) is 0 Å². The van der Waals surface area contributed by atoms with Crippen molar-refractivity contribution in [3.8, 4) is 0 Å².